The van der Waals surface area contributed by atoms with E-state index in [0.29, 0.717) is 31.7 Å². The van der Waals surface area contributed by atoms with E-state index < -0.39 is 35.4 Å². The number of ether oxygens (including phenoxy) is 1. The molecular weight excluding hydrogens is 400 g/mol. The summed E-state index contributed by atoms with van der Waals surface area (Å²) in [6.45, 7) is 2.46. The summed E-state index contributed by atoms with van der Waals surface area (Å²) in [5.74, 6) is -0.884. The van der Waals surface area contributed by atoms with Crippen LogP contribution in [0.1, 0.15) is 49.8 Å². The lowest BCUT2D eigenvalue weighted by molar-refractivity contribution is -0.149. The first-order valence-corrected chi connectivity index (χ1v) is 10.7. The predicted octanol–water partition coefficient (Wildman–Crippen LogP) is 1.29. The van der Waals surface area contributed by atoms with Crippen LogP contribution >= 0.6 is 0 Å². The van der Waals surface area contributed by atoms with E-state index in [4.69, 9.17) is 4.74 Å². The third kappa shape index (κ3) is 3.89. The molecule has 1 saturated heterocycles. The van der Waals surface area contributed by atoms with Gasteiger partial charge in [0, 0.05) is 6.54 Å². The molecule has 4 rings (SSSR count). The molecular formula is C22H28N4O5. The van der Waals surface area contributed by atoms with Crippen LogP contribution in [0.5, 0.6) is 0 Å². The van der Waals surface area contributed by atoms with Crippen molar-refractivity contribution in [3.63, 3.8) is 0 Å². The van der Waals surface area contributed by atoms with Crippen LogP contribution in [0.3, 0.4) is 0 Å². The molecule has 1 unspecified atom stereocenters. The van der Waals surface area contributed by atoms with Crippen molar-refractivity contribution in [2.75, 3.05) is 20.2 Å². The van der Waals surface area contributed by atoms with Crippen molar-refractivity contribution in [1.29, 1.82) is 0 Å². The van der Waals surface area contributed by atoms with Gasteiger partial charge in [0.15, 0.2) is 0 Å². The number of imide groups is 1. The average molecular weight is 428 g/mol. The predicted molar refractivity (Wildman–Crippen MR) is 110 cm³/mol. The normalized spacial score (nSPS) is 28.3. The maximum Gasteiger partial charge on any atom is 0.344 e. The van der Waals surface area contributed by atoms with Gasteiger partial charge in [-0.15, -0.1) is 0 Å². The number of hydrazine groups is 1. The van der Waals surface area contributed by atoms with Gasteiger partial charge in [-0.05, 0) is 49.1 Å². The van der Waals surface area contributed by atoms with E-state index >= 15 is 0 Å². The SMILES string of the molecule is COC(=O)C1c2ccccc2CCN1CC(=O)NN1C(=O)NC2(CCC(C)CC2)C1=O. The van der Waals surface area contributed by atoms with Crippen LogP contribution in [0.15, 0.2) is 24.3 Å². The Morgan fingerprint density at radius 3 is 2.65 bits per heavy atom. The Bertz CT molecular complexity index is 909. The van der Waals surface area contributed by atoms with Gasteiger partial charge in [0.25, 0.3) is 11.8 Å². The van der Waals surface area contributed by atoms with Gasteiger partial charge in [-0.3, -0.25) is 19.9 Å². The number of esters is 1. The number of hydrogen-bond donors (Lipinski definition) is 2. The Morgan fingerprint density at radius 2 is 1.94 bits per heavy atom. The monoisotopic (exact) mass is 428 g/mol. The summed E-state index contributed by atoms with van der Waals surface area (Å²) in [5.41, 5.74) is 3.37. The van der Waals surface area contributed by atoms with Crippen LogP contribution in [0.2, 0.25) is 0 Å². The first kappa shape index (κ1) is 21.3. The molecule has 1 saturated carbocycles. The van der Waals surface area contributed by atoms with E-state index in [-0.39, 0.29) is 6.54 Å². The maximum absolute atomic E-state index is 12.9. The smallest absolute Gasteiger partial charge is 0.344 e. The highest BCUT2D eigenvalue weighted by molar-refractivity contribution is 6.08. The molecule has 3 aliphatic rings. The number of carbonyl (C=O) groups is 4. The fourth-order valence-electron chi connectivity index (χ4n) is 4.84. The molecule has 1 aromatic carbocycles. The molecule has 1 aliphatic carbocycles. The molecule has 9 heteroatoms. The van der Waals surface area contributed by atoms with E-state index in [0.717, 1.165) is 29.0 Å². The summed E-state index contributed by atoms with van der Waals surface area (Å²) in [6.07, 6.45) is 3.52. The number of urea groups is 1. The highest BCUT2D eigenvalue weighted by Crippen LogP contribution is 2.36. The Morgan fingerprint density at radius 1 is 1.23 bits per heavy atom. The maximum atomic E-state index is 12.9. The van der Waals surface area contributed by atoms with E-state index in [9.17, 15) is 19.2 Å². The minimum Gasteiger partial charge on any atom is -0.468 e. The van der Waals surface area contributed by atoms with Crippen molar-refractivity contribution in [1.82, 2.24) is 20.7 Å². The third-order valence-electron chi connectivity index (χ3n) is 6.68. The molecule has 4 amide bonds. The number of benzene rings is 1. The van der Waals surface area contributed by atoms with Crippen LogP contribution in [-0.4, -0.2) is 59.5 Å². The van der Waals surface area contributed by atoms with E-state index in [2.05, 4.69) is 17.7 Å². The molecule has 31 heavy (non-hydrogen) atoms. The fraction of sp³-hybridized carbons (Fsp3) is 0.545. The van der Waals surface area contributed by atoms with E-state index in [1.807, 2.05) is 24.3 Å². The Balaban J connectivity index is 1.45. The van der Waals surface area contributed by atoms with Crippen LogP contribution in [0, 0.1) is 5.92 Å². The van der Waals surface area contributed by atoms with E-state index in [1.54, 1.807) is 4.90 Å². The highest BCUT2D eigenvalue weighted by atomic mass is 16.5. The van der Waals surface area contributed by atoms with Crippen molar-refractivity contribution in [2.24, 2.45) is 5.92 Å². The molecule has 0 aromatic heterocycles. The van der Waals surface area contributed by atoms with Crippen molar-refractivity contribution in [3.8, 4) is 0 Å². The zero-order valence-corrected chi connectivity index (χ0v) is 17.8. The fourth-order valence-corrected chi connectivity index (χ4v) is 4.84. The largest absolute Gasteiger partial charge is 0.468 e. The molecule has 1 spiro atoms. The minimum atomic E-state index is -0.921. The van der Waals surface area contributed by atoms with Gasteiger partial charge in [-0.1, -0.05) is 31.2 Å². The molecule has 0 radical (unpaired) electrons. The Hall–Kier alpha value is -2.94. The first-order chi connectivity index (χ1) is 14.8. The van der Waals surface area contributed by atoms with Crippen LogP contribution in [-0.2, 0) is 25.5 Å². The summed E-state index contributed by atoms with van der Waals surface area (Å²) >= 11 is 0. The third-order valence-corrected chi connectivity index (χ3v) is 6.68. The number of rotatable bonds is 4. The molecule has 166 valence electrons. The van der Waals surface area contributed by atoms with Crippen LogP contribution in [0.4, 0.5) is 4.79 Å². The molecule has 2 N–H and O–H groups in total. The van der Waals surface area contributed by atoms with Gasteiger partial charge in [0.1, 0.15) is 11.6 Å². The zero-order valence-electron chi connectivity index (χ0n) is 17.8. The number of methoxy groups -OCH3 is 1. The first-order valence-electron chi connectivity index (χ1n) is 10.7. The number of nitrogens with zero attached hydrogens (tertiary/aromatic N) is 2. The summed E-state index contributed by atoms with van der Waals surface area (Å²) in [4.78, 5) is 52.3. The number of amides is 4. The van der Waals surface area contributed by atoms with Gasteiger partial charge in [0.05, 0.1) is 13.7 Å². The number of carbonyl (C=O) groups excluding carboxylic acids is 4. The second-order valence-electron chi connectivity index (χ2n) is 8.72. The lowest BCUT2D eigenvalue weighted by Crippen LogP contribution is -2.53. The average Bonchev–Trinajstić information content (AvgIpc) is 2.99. The van der Waals surface area contributed by atoms with Crippen molar-refractivity contribution < 1.29 is 23.9 Å². The van der Waals surface area contributed by atoms with Crippen LogP contribution in [0.25, 0.3) is 0 Å². The second-order valence-corrected chi connectivity index (χ2v) is 8.72. The quantitative estimate of drug-likeness (QED) is 0.553. The minimum absolute atomic E-state index is 0.144. The Labute approximate surface area is 181 Å². The lowest BCUT2D eigenvalue weighted by Gasteiger charge is -2.35. The van der Waals surface area contributed by atoms with E-state index in [1.165, 1.54) is 7.11 Å². The summed E-state index contributed by atoms with van der Waals surface area (Å²) < 4.78 is 4.97. The second kappa shape index (κ2) is 8.30. The lowest BCUT2D eigenvalue weighted by atomic mass is 9.77. The standard InChI is InChI=1S/C22H28N4O5/c1-14-7-10-22(11-8-14)20(29)26(21(30)23-22)24-17(27)13-25-12-9-15-5-3-4-6-16(15)18(25)19(28)31-2/h3-6,14,18H,7-13H2,1-2H3,(H,23,30)(H,24,27). The number of nitrogens with one attached hydrogen (secondary N) is 2. The highest BCUT2D eigenvalue weighted by Gasteiger charge is 2.53. The van der Waals surface area contributed by atoms with Gasteiger partial charge >= 0.3 is 12.0 Å². The molecule has 2 fully saturated rings. The van der Waals surface area contributed by atoms with Crippen LogP contribution < -0.4 is 10.7 Å². The summed E-state index contributed by atoms with van der Waals surface area (Å²) in [6, 6.07) is 6.24. The topological polar surface area (TPSA) is 108 Å². The van der Waals surface area contributed by atoms with Gasteiger partial charge in [-0.2, -0.15) is 5.01 Å². The Kier molecular flexibility index (Phi) is 5.70. The molecule has 2 aliphatic heterocycles. The molecule has 1 atom stereocenters. The van der Waals surface area contributed by atoms with Crippen molar-refractivity contribution in [2.45, 2.75) is 50.6 Å². The van der Waals surface area contributed by atoms with Gasteiger partial charge in [-0.25, -0.2) is 9.59 Å². The summed E-state index contributed by atoms with van der Waals surface area (Å²) in [5, 5.41) is 3.58. The number of fused-ring (bicyclic) bond motifs is 1. The van der Waals surface area contributed by atoms with Gasteiger partial charge < -0.3 is 10.1 Å². The number of hydrogen-bond acceptors (Lipinski definition) is 6. The van der Waals surface area contributed by atoms with Crippen molar-refractivity contribution in [3.05, 3.63) is 35.4 Å². The molecule has 1 aromatic rings. The molecule has 9 nitrogen and oxygen atoms in total. The van der Waals surface area contributed by atoms with Crippen molar-refractivity contribution >= 4 is 23.8 Å². The van der Waals surface area contributed by atoms with Gasteiger partial charge in [0.2, 0.25) is 0 Å². The molecule has 2 heterocycles. The molecule has 0 bridgehead atoms. The summed E-state index contributed by atoms with van der Waals surface area (Å²) in [7, 11) is 1.31. The zero-order chi connectivity index (χ0) is 22.2.